The van der Waals surface area contributed by atoms with Crippen LogP contribution in [-0.2, 0) is 0 Å². The zero-order chi connectivity index (χ0) is 27.1. The van der Waals surface area contributed by atoms with Gasteiger partial charge in [0.1, 0.15) is 5.75 Å². The lowest BCUT2D eigenvalue weighted by atomic mass is 10.1. The number of hydrazone groups is 1. The summed E-state index contributed by atoms with van der Waals surface area (Å²) in [6.45, 7) is 0. The van der Waals surface area contributed by atoms with Crippen molar-refractivity contribution in [3.05, 3.63) is 128 Å². The molecule has 0 aliphatic rings. The number of nitrogens with zero attached hydrogens (tertiary/aromatic N) is 1. The molecule has 0 saturated carbocycles. The first kappa shape index (κ1) is 27.1. The zero-order valence-electron chi connectivity index (χ0n) is 19.5. The van der Waals surface area contributed by atoms with Gasteiger partial charge in [0.2, 0.25) is 0 Å². The van der Waals surface area contributed by atoms with Crippen molar-refractivity contribution in [2.24, 2.45) is 5.10 Å². The third-order valence-electron chi connectivity index (χ3n) is 5.17. The van der Waals surface area contributed by atoms with E-state index >= 15 is 0 Å². The second-order valence-electron chi connectivity index (χ2n) is 7.76. The molecule has 0 unspecified atom stereocenters. The highest BCUT2D eigenvalue weighted by molar-refractivity contribution is 9.10. The van der Waals surface area contributed by atoms with Gasteiger partial charge in [0, 0.05) is 15.1 Å². The van der Waals surface area contributed by atoms with E-state index in [1.807, 2.05) is 0 Å². The van der Waals surface area contributed by atoms with Gasteiger partial charge in [-0.1, -0.05) is 63.4 Å². The lowest BCUT2D eigenvalue weighted by molar-refractivity contribution is 0.0733. The van der Waals surface area contributed by atoms with Crippen molar-refractivity contribution < 1.29 is 19.1 Å². The van der Waals surface area contributed by atoms with Crippen LogP contribution in [0.3, 0.4) is 0 Å². The minimum Gasteiger partial charge on any atom is -0.422 e. The van der Waals surface area contributed by atoms with Crippen LogP contribution in [0.1, 0.15) is 36.6 Å². The molecule has 7 nitrogen and oxygen atoms in total. The fraction of sp³-hybridized carbons (Fsp3) is 0. The van der Waals surface area contributed by atoms with Gasteiger partial charge in [-0.25, -0.2) is 10.2 Å². The maximum atomic E-state index is 12.9. The molecule has 0 radical (unpaired) electrons. The summed E-state index contributed by atoms with van der Waals surface area (Å²) in [4.78, 5) is 38.1. The van der Waals surface area contributed by atoms with E-state index in [-0.39, 0.29) is 27.6 Å². The molecule has 0 bridgehead atoms. The van der Waals surface area contributed by atoms with Crippen molar-refractivity contribution in [2.45, 2.75) is 0 Å². The molecule has 0 spiro atoms. The third kappa shape index (κ3) is 6.86. The Morgan fingerprint density at radius 1 is 0.816 bits per heavy atom. The predicted molar refractivity (Wildman–Crippen MR) is 151 cm³/mol. The van der Waals surface area contributed by atoms with Crippen molar-refractivity contribution in [2.75, 3.05) is 5.32 Å². The van der Waals surface area contributed by atoms with E-state index < -0.39 is 17.8 Å². The molecule has 0 aliphatic carbocycles. The Bertz CT molecular complexity index is 1540. The fourth-order valence-corrected chi connectivity index (χ4v) is 4.06. The van der Waals surface area contributed by atoms with Crippen LogP contribution in [0, 0.1) is 0 Å². The number of halogens is 3. The van der Waals surface area contributed by atoms with Gasteiger partial charge in [0.15, 0.2) is 0 Å². The van der Waals surface area contributed by atoms with E-state index in [1.54, 1.807) is 72.8 Å². The van der Waals surface area contributed by atoms with Gasteiger partial charge in [0.25, 0.3) is 11.8 Å². The first-order valence-electron chi connectivity index (χ1n) is 11.1. The summed E-state index contributed by atoms with van der Waals surface area (Å²) >= 11 is 15.4. The summed E-state index contributed by atoms with van der Waals surface area (Å²) in [6, 6.07) is 24.5. The van der Waals surface area contributed by atoms with Crippen molar-refractivity contribution in [3.63, 3.8) is 0 Å². The molecule has 10 heteroatoms. The largest absolute Gasteiger partial charge is 0.422 e. The van der Waals surface area contributed by atoms with Gasteiger partial charge in [-0.3, -0.25) is 9.59 Å². The highest BCUT2D eigenvalue weighted by Crippen LogP contribution is 2.23. The van der Waals surface area contributed by atoms with Crippen molar-refractivity contribution in [3.8, 4) is 5.75 Å². The first-order chi connectivity index (χ1) is 18.3. The SMILES string of the molecule is O=C(Oc1ccccc1/C=N\NC(=O)c1ccccc1NC(=O)c1ccc(Cl)cc1Cl)c1ccc(Br)cc1. The maximum Gasteiger partial charge on any atom is 0.343 e. The average Bonchev–Trinajstić information content (AvgIpc) is 2.90. The molecule has 4 rings (SSSR count). The molecule has 0 atom stereocenters. The Labute approximate surface area is 236 Å². The second kappa shape index (κ2) is 12.5. The van der Waals surface area contributed by atoms with Crippen LogP contribution < -0.4 is 15.5 Å². The van der Waals surface area contributed by atoms with Gasteiger partial charge in [-0.2, -0.15) is 5.10 Å². The topological polar surface area (TPSA) is 96.9 Å². The minimum atomic E-state index is -0.566. The monoisotopic (exact) mass is 609 g/mol. The van der Waals surface area contributed by atoms with E-state index in [1.165, 1.54) is 24.4 Å². The molecular weight excluding hydrogens is 593 g/mol. The smallest absolute Gasteiger partial charge is 0.343 e. The Kier molecular flexibility index (Phi) is 8.91. The summed E-state index contributed by atoms with van der Waals surface area (Å²) in [5.74, 6) is -1.33. The number of para-hydroxylation sites is 2. The molecule has 2 amide bonds. The van der Waals surface area contributed by atoms with Gasteiger partial charge in [0.05, 0.1) is 33.6 Å². The Hall–Kier alpha value is -3.98. The van der Waals surface area contributed by atoms with Gasteiger partial charge >= 0.3 is 5.97 Å². The summed E-state index contributed by atoms with van der Waals surface area (Å²) < 4.78 is 6.35. The average molecular weight is 611 g/mol. The zero-order valence-corrected chi connectivity index (χ0v) is 22.5. The molecule has 0 heterocycles. The molecule has 0 saturated heterocycles. The number of hydrogen-bond acceptors (Lipinski definition) is 5. The number of benzene rings is 4. The van der Waals surface area contributed by atoms with Gasteiger partial charge < -0.3 is 10.1 Å². The van der Waals surface area contributed by atoms with Crippen LogP contribution in [0.4, 0.5) is 5.69 Å². The lowest BCUT2D eigenvalue weighted by Crippen LogP contribution is -2.21. The summed E-state index contributed by atoms with van der Waals surface area (Å²) in [7, 11) is 0. The normalized spacial score (nSPS) is 10.7. The first-order valence-corrected chi connectivity index (χ1v) is 12.6. The summed E-state index contributed by atoms with van der Waals surface area (Å²) in [6.07, 6.45) is 1.36. The summed E-state index contributed by atoms with van der Waals surface area (Å²) in [5.41, 5.74) is 3.93. The number of amides is 2. The van der Waals surface area contributed by atoms with E-state index in [2.05, 4.69) is 31.8 Å². The minimum absolute atomic E-state index is 0.179. The lowest BCUT2D eigenvalue weighted by Gasteiger charge is -2.11. The van der Waals surface area contributed by atoms with Gasteiger partial charge in [-0.15, -0.1) is 0 Å². The van der Waals surface area contributed by atoms with E-state index in [4.69, 9.17) is 27.9 Å². The number of nitrogens with one attached hydrogen (secondary N) is 2. The standard InChI is InChI=1S/C28H18BrCl2N3O4/c29-19-11-9-17(10-12-19)28(37)38-25-8-4-1-5-18(25)16-32-34-27(36)22-6-2-3-7-24(22)33-26(35)21-14-13-20(30)15-23(21)31/h1-16H,(H,33,35)(H,34,36)/b32-16-. The number of carbonyl (C=O) groups excluding carboxylic acids is 3. The maximum absolute atomic E-state index is 12.9. The van der Waals surface area contributed by atoms with Crippen LogP contribution in [0.15, 0.2) is 101 Å². The Morgan fingerprint density at radius 3 is 2.29 bits per heavy atom. The highest BCUT2D eigenvalue weighted by Gasteiger charge is 2.16. The van der Waals surface area contributed by atoms with Crippen molar-refractivity contribution >= 4 is 68.8 Å². The van der Waals surface area contributed by atoms with Crippen molar-refractivity contribution in [1.29, 1.82) is 0 Å². The second-order valence-corrected chi connectivity index (χ2v) is 9.52. The fourth-order valence-electron chi connectivity index (χ4n) is 3.30. The molecule has 2 N–H and O–H groups in total. The Morgan fingerprint density at radius 2 is 1.53 bits per heavy atom. The van der Waals surface area contributed by atoms with Crippen LogP contribution >= 0.6 is 39.1 Å². The molecule has 4 aromatic carbocycles. The molecule has 38 heavy (non-hydrogen) atoms. The van der Waals surface area contributed by atoms with Gasteiger partial charge in [-0.05, 0) is 66.7 Å². The van der Waals surface area contributed by atoms with E-state index in [0.717, 1.165) is 4.47 Å². The number of anilines is 1. The van der Waals surface area contributed by atoms with Crippen LogP contribution in [0.2, 0.25) is 10.0 Å². The van der Waals surface area contributed by atoms with Crippen molar-refractivity contribution in [1.82, 2.24) is 5.43 Å². The molecule has 0 aromatic heterocycles. The molecule has 4 aromatic rings. The third-order valence-corrected chi connectivity index (χ3v) is 6.24. The van der Waals surface area contributed by atoms with E-state index in [0.29, 0.717) is 16.1 Å². The molecular formula is C28H18BrCl2N3O4. The number of esters is 1. The quantitative estimate of drug-likeness (QED) is 0.102. The van der Waals surface area contributed by atoms with E-state index in [9.17, 15) is 14.4 Å². The number of rotatable bonds is 7. The molecule has 0 aliphatic heterocycles. The molecule has 190 valence electrons. The number of hydrogen-bond donors (Lipinski definition) is 2. The highest BCUT2D eigenvalue weighted by atomic mass is 79.9. The van der Waals surface area contributed by atoms with Crippen LogP contribution in [0.25, 0.3) is 0 Å². The predicted octanol–water partition coefficient (Wildman–Crippen LogP) is 6.99. The van der Waals surface area contributed by atoms with Crippen LogP contribution in [0.5, 0.6) is 5.75 Å². The molecule has 0 fully saturated rings. The summed E-state index contributed by atoms with van der Waals surface area (Å²) in [5, 5.41) is 7.27. The number of carbonyl (C=O) groups is 3. The Balaban J connectivity index is 1.45. The number of ether oxygens (including phenoxy) is 1. The van der Waals surface area contributed by atoms with Crippen LogP contribution in [-0.4, -0.2) is 24.0 Å².